The van der Waals surface area contributed by atoms with Gasteiger partial charge in [-0.1, -0.05) is 0 Å². The Morgan fingerprint density at radius 1 is 1.44 bits per heavy atom. The van der Waals surface area contributed by atoms with E-state index in [9.17, 15) is 13.5 Å². The minimum Gasteiger partial charge on any atom is -0.389 e. The highest BCUT2D eigenvalue weighted by molar-refractivity contribution is 7.89. The van der Waals surface area contributed by atoms with Crippen LogP contribution in [0.5, 0.6) is 0 Å². The third-order valence-electron chi connectivity index (χ3n) is 1.99. The van der Waals surface area contributed by atoms with Crippen molar-refractivity contribution in [3.05, 3.63) is 0 Å². The van der Waals surface area contributed by atoms with E-state index in [1.807, 2.05) is 0 Å². The van der Waals surface area contributed by atoms with Crippen LogP contribution in [0.3, 0.4) is 0 Å². The molecule has 1 unspecified atom stereocenters. The van der Waals surface area contributed by atoms with Gasteiger partial charge >= 0.3 is 0 Å². The molecule has 0 fully saturated rings. The Morgan fingerprint density at radius 3 is 2.56 bits per heavy atom. The number of likely N-dealkylation sites (N-methyl/N-ethyl adjacent to an activating group) is 1. The fourth-order valence-corrected chi connectivity index (χ4v) is 2.16. The highest BCUT2D eigenvalue weighted by atomic mass is 32.2. The number of sulfonamides is 1. The minimum atomic E-state index is -3.35. The summed E-state index contributed by atoms with van der Waals surface area (Å²) in [5, 5.41) is 9.39. The van der Waals surface area contributed by atoms with Crippen molar-refractivity contribution in [2.24, 2.45) is 0 Å². The van der Waals surface area contributed by atoms with Crippen molar-refractivity contribution < 1.29 is 23.0 Å². The third-order valence-corrected chi connectivity index (χ3v) is 3.77. The van der Waals surface area contributed by atoms with E-state index in [0.29, 0.717) is 6.61 Å². The number of aliphatic hydroxyl groups is 1. The summed E-state index contributed by atoms with van der Waals surface area (Å²) < 4.78 is 34.1. The van der Waals surface area contributed by atoms with E-state index in [1.165, 1.54) is 14.2 Å². The molecule has 6 nitrogen and oxygen atoms in total. The molecule has 1 N–H and O–H groups in total. The van der Waals surface area contributed by atoms with E-state index in [0.717, 1.165) is 4.31 Å². The zero-order chi connectivity index (χ0) is 12.6. The molecular formula is C9H21NO5S. The van der Waals surface area contributed by atoms with Gasteiger partial charge in [0.25, 0.3) is 0 Å². The van der Waals surface area contributed by atoms with Gasteiger partial charge < -0.3 is 14.6 Å². The Kier molecular flexibility index (Phi) is 7.86. The van der Waals surface area contributed by atoms with E-state index >= 15 is 0 Å². The summed E-state index contributed by atoms with van der Waals surface area (Å²) in [6, 6.07) is 0. The largest absolute Gasteiger partial charge is 0.389 e. The number of methoxy groups -OCH3 is 1. The molecule has 0 aliphatic rings. The van der Waals surface area contributed by atoms with E-state index in [4.69, 9.17) is 9.47 Å². The van der Waals surface area contributed by atoms with Crippen LogP contribution in [0.4, 0.5) is 0 Å². The van der Waals surface area contributed by atoms with Crippen LogP contribution >= 0.6 is 0 Å². The van der Waals surface area contributed by atoms with E-state index in [1.54, 1.807) is 6.92 Å². The molecule has 0 aromatic carbocycles. The summed E-state index contributed by atoms with van der Waals surface area (Å²) in [5.74, 6) is -0.0724. The van der Waals surface area contributed by atoms with Crippen LogP contribution in [0, 0.1) is 0 Å². The fraction of sp³-hybridized carbons (Fsp3) is 1.00. The Hall–Kier alpha value is -0.210. The van der Waals surface area contributed by atoms with Gasteiger partial charge in [0.1, 0.15) is 0 Å². The van der Waals surface area contributed by atoms with E-state index in [2.05, 4.69) is 0 Å². The number of rotatable bonds is 9. The number of ether oxygens (including phenoxy) is 2. The average Bonchev–Trinajstić information content (AvgIpc) is 2.18. The molecule has 0 saturated heterocycles. The zero-order valence-corrected chi connectivity index (χ0v) is 10.9. The molecule has 0 rings (SSSR count). The first-order valence-corrected chi connectivity index (χ1v) is 6.73. The van der Waals surface area contributed by atoms with Crippen LogP contribution in [0.25, 0.3) is 0 Å². The molecular weight excluding hydrogens is 234 g/mol. The van der Waals surface area contributed by atoms with Crippen molar-refractivity contribution in [3.8, 4) is 0 Å². The molecule has 16 heavy (non-hydrogen) atoms. The van der Waals surface area contributed by atoms with Crippen LogP contribution in [0.2, 0.25) is 0 Å². The van der Waals surface area contributed by atoms with Gasteiger partial charge in [0.2, 0.25) is 10.0 Å². The minimum absolute atomic E-state index is 0.0301. The molecule has 0 aliphatic heterocycles. The lowest BCUT2D eigenvalue weighted by Crippen LogP contribution is -2.38. The molecule has 0 heterocycles. The van der Waals surface area contributed by atoms with E-state index in [-0.39, 0.29) is 25.5 Å². The van der Waals surface area contributed by atoms with Crippen LogP contribution < -0.4 is 0 Å². The maximum absolute atomic E-state index is 11.6. The summed E-state index contributed by atoms with van der Waals surface area (Å²) in [4.78, 5) is 0. The highest BCUT2D eigenvalue weighted by Gasteiger charge is 2.20. The first kappa shape index (κ1) is 15.8. The molecule has 98 valence electrons. The maximum Gasteiger partial charge on any atom is 0.216 e. The highest BCUT2D eigenvalue weighted by Crippen LogP contribution is 2.00. The lowest BCUT2D eigenvalue weighted by Gasteiger charge is -2.20. The van der Waals surface area contributed by atoms with Crippen LogP contribution in [-0.2, 0) is 19.5 Å². The SMILES string of the molecule is CCOCCS(=O)(=O)N(C)CC(O)COC. The quantitative estimate of drug-likeness (QED) is 0.551. The van der Waals surface area contributed by atoms with Gasteiger partial charge in [0.05, 0.1) is 25.1 Å². The lowest BCUT2D eigenvalue weighted by atomic mass is 10.4. The second-order valence-electron chi connectivity index (χ2n) is 3.40. The summed E-state index contributed by atoms with van der Waals surface area (Å²) in [5.41, 5.74) is 0. The van der Waals surface area contributed by atoms with Crippen LogP contribution in [0.1, 0.15) is 6.92 Å². The molecule has 0 aromatic heterocycles. The molecule has 0 spiro atoms. The topological polar surface area (TPSA) is 76.1 Å². The van der Waals surface area contributed by atoms with Crippen LogP contribution in [-0.4, -0.2) is 70.2 Å². The standard InChI is InChI=1S/C9H21NO5S/c1-4-15-5-6-16(12,13)10(2)7-9(11)8-14-3/h9,11H,4-8H2,1-3H3. The first-order valence-electron chi connectivity index (χ1n) is 5.12. The smallest absolute Gasteiger partial charge is 0.216 e. The van der Waals surface area contributed by atoms with Gasteiger partial charge in [-0.25, -0.2) is 12.7 Å². The molecule has 0 aromatic rings. The maximum atomic E-state index is 11.6. The zero-order valence-electron chi connectivity index (χ0n) is 10.0. The predicted molar refractivity (Wildman–Crippen MR) is 60.8 cm³/mol. The Labute approximate surface area is 97.2 Å². The van der Waals surface area contributed by atoms with Gasteiger partial charge in [0, 0.05) is 27.3 Å². The lowest BCUT2D eigenvalue weighted by molar-refractivity contribution is 0.0552. The Bertz CT molecular complexity index is 267. The Morgan fingerprint density at radius 2 is 2.06 bits per heavy atom. The van der Waals surface area contributed by atoms with Crippen molar-refractivity contribution in [1.82, 2.24) is 4.31 Å². The molecule has 0 saturated carbocycles. The fourth-order valence-electron chi connectivity index (χ4n) is 1.12. The molecule has 0 amide bonds. The summed E-state index contributed by atoms with van der Waals surface area (Å²) in [6.07, 6.45) is -0.808. The molecule has 0 aliphatic carbocycles. The molecule has 1 atom stereocenters. The number of hydrogen-bond donors (Lipinski definition) is 1. The van der Waals surface area contributed by atoms with E-state index < -0.39 is 16.1 Å². The average molecular weight is 255 g/mol. The van der Waals surface area contributed by atoms with Gasteiger partial charge in [-0.15, -0.1) is 0 Å². The molecule has 7 heteroatoms. The van der Waals surface area contributed by atoms with Gasteiger partial charge in [-0.2, -0.15) is 0 Å². The molecule has 0 bridgehead atoms. The summed E-state index contributed by atoms with van der Waals surface area (Å²) in [6.45, 7) is 2.61. The van der Waals surface area contributed by atoms with Crippen molar-refractivity contribution >= 4 is 10.0 Å². The van der Waals surface area contributed by atoms with Gasteiger partial charge in [-0.3, -0.25) is 0 Å². The van der Waals surface area contributed by atoms with Gasteiger partial charge in [0.15, 0.2) is 0 Å². The Balaban J connectivity index is 4.08. The van der Waals surface area contributed by atoms with Crippen molar-refractivity contribution in [2.75, 3.05) is 46.3 Å². The number of hydrogen-bond acceptors (Lipinski definition) is 5. The predicted octanol–water partition coefficient (Wildman–Crippen LogP) is -0.708. The second-order valence-corrected chi connectivity index (χ2v) is 5.60. The summed E-state index contributed by atoms with van der Waals surface area (Å²) >= 11 is 0. The number of aliphatic hydroxyl groups excluding tert-OH is 1. The normalized spacial score (nSPS) is 14.3. The third kappa shape index (κ3) is 6.39. The second kappa shape index (κ2) is 7.97. The van der Waals surface area contributed by atoms with Crippen LogP contribution in [0.15, 0.2) is 0 Å². The van der Waals surface area contributed by atoms with Gasteiger partial charge in [-0.05, 0) is 6.92 Å². The van der Waals surface area contributed by atoms with Crippen molar-refractivity contribution in [2.45, 2.75) is 13.0 Å². The summed E-state index contributed by atoms with van der Waals surface area (Å²) in [7, 11) is -0.471. The molecule has 0 radical (unpaired) electrons. The monoisotopic (exact) mass is 255 g/mol. The first-order chi connectivity index (χ1) is 7.44. The van der Waals surface area contributed by atoms with Crippen molar-refractivity contribution in [1.29, 1.82) is 0 Å². The number of nitrogens with zero attached hydrogens (tertiary/aromatic N) is 1. The van der Waals surface area contributed by atoms with Crippen molar-refractivity contribution in [3.63, 3.8) is 0 Å².